The van der Waals surface area contributed by atoms with Crippen molar-refractivity contribution < 1.29 is 22.8 Å². The molecule has 2 heterocycles. The molecule has 0 saturated carbocycles. The molecule has 2 unspecified atom stereocenters. The van der Waals surface area contributed by atoms with Gasteiger partial charge >= 0.3 is 6.18 Å². The molecule has 1 saturated heterocycles. The largest absolute Gasteiger partial charge is 0.416 e. The fourth-order valence-corrected chi connectivity index (χ4v) is 3.35. The number of nitrogens with zero attached hydrogens (tertiary/aromatic N) is 2. The molecule has 2 aromatic rings. The van der Waals surface area contributed by atoms with Gasteiger partial charge in [-0.15, -0.1) is 0 Å². The first-order valence-corrected chi connectivity index (χ1v) is 7.77. The second kappa shape index (κ2) is 6.22. The Bertz CT molecular complexity index is 707. The average molecular weight is 340 g/mol. The zero-order valence-electron chi connectivity index (χ0n) is 13.5. The second-order valence-electron chi connectivity index (χ2n) is 6.22. The monoisotopic (exact) mass is 340 g/mol. The van der Waals surface area contributed by atoms with Gasteiger partial charge in [-0.3, -0.25) is 4.90 Å². The van der Waals surface area contributed by atoms with E-state index in [0.717, 1.165) is 17.3 Å². The van der Waals surface area contributed by atoms with Crippen molar-refractivity contribution in [2.75, 3.05) is 6.54 Å². The summed E-state index contributed by atoms with van der Waals surface area (Å²) in [6.07, 6.45) is -4.80. The summed E-state index contributed by atoms with van der Waals surface area (Å²) in [7, 11) is 0. The van der Waals surface area contributed by atoms with Crippen LogP contribution in [-0.4, -0.2) is 27.8 Å². The molecule has 0 aliphatic carbocycles. The van der Waals surface area contributed by atoms with E-state index in [1.807, 2.05) is 4.90 Å². The number of β-amino-alcohol motifs (C(OH)–C–C–N with tert-alkyl or cyclic N) is 1. The maximum absolute atomic E-state index is 13.3. The van der Waals surface area contributed by atoms with E-state index in [-0.39, 0.29) is 12.0 Å². The summed E-state index contributed by atoms with van der Waals surface area (Å²) in [6, 6.07) is 5.08. The summed E-state index contributed by atoms with van der Waals surface area (Å²) in [5, 5.41) is 13.9. The van der Waals surface area contributed by atoms with Crippen LogP contribution in [0, 0.1) is 13.8 Å². The van der Waals surface area contributed by atoms with Crippen molar-refractivity contribution in [2.24, 2.45) is 0 Å². The van der Waals surface area contributed by atoms with Gasteiger partial charge in [0.2, 0.25) is 0 Å². The van der Waals surface area contributed by atoms with Crippen LogP contribution >= 0.6 is 0 Å². The minimum absolute atomic E-state index is 0.202. The van der Waals surface area contributed by atoms with Gasteiger partial charge in [0.1, 0.15) is 5.76 Å². The molecule has 7 heteroatoms. The molecule has 130 valence electrons. The first kappa shape index (κ1) is 17.0. The molecule has 0 spiro atoms. The van der Waals surface area contributed by atoms with Crippen LogP contribution in [0.4, 0.5) is 13.2 Å². The second-order valence-corrected chi connectivity index (χ2v) is 6.22. The lowest BCUT2D eigenvalue weighted by molar-refractivity contribution is -0.138. The molecule has 3 rings (SSSR count). The van der Waals surface area contributed by atoms with Crippen LogP contribution in [0.25, 0.3) is 0 Å². The zero-order chi connectivity index (χ0) is 17.5. The fourth-order valence-electron chi connectivity index (χ4n) is 3.35. The highest BCUT2D eigenvalue weighted by Crippen LogP contribution is 2.41. The Morgan fingerprint density at radius 2 is 2.00 bits per heavy atom. The number of likely N-dealkylation sites (tertiary alicyclic amines) is 1. The number of aromatic nitrogens is 1. The van der Waals surface area contributed by atoms with E-state index in [2.05, 4.69) is 5.16 Å². The van der Waals surface area contributed by atoms with E-state index in [4.69, 9.17) is 4.52 Å². The van der Waals surface area contributed by atoms with Gasteiger partial charge < -0.3 is 9.63 Å². The van der Waals surface area contributed by atoms with Gasteiger partial charge in [-0.2, -0.15) is 13.2 Å². The summed E-state index contributed by atoms with van der Waals surface area (Å²) in [5.74, 6) is 0.650. The summed E-state index contributed by atoms with van der Waals surface area (Å²) in [5.41, 5.74) is 1.14. The third-order valence-electron chi connectivity index (χ3n) is 4.55. The Morgan fingerprint density at radius 1 is 1.29 bits per heavy atom. The number of halogens is 3. The summed E-state index contributed by atoms with van der Waals surface area (Å²) in [4.78, 5) is 1.86. The SMILES string of the molecule is Cc1noc(C)c1CN1CC(O)CC1c1ccccc1C(F)(F)F. The fraction of sp³-hybridized carbons (Fsp3) is 0.471. The highest BCUT2D eigenvalue weighted by atomic mass is 19.4. The highest BCUT2D eigenvalue weighted by molar-refractivity contribution is 5.34. The lowest BCUT2D eigenvalue weighted by atomic mass is 9.97. The molecule has 0 bridgehead atoms. The summed E-state index contributed by atoms with van der Waals surface area (Å²) < 4.78 is 45.1. The lowest BCUT2D eigenvalue weighted by Gasteiger charge is -2.26. The number of aryl methyl sites for hydroxylation is 2. The zero-order valence-corrected chi connectivity index (χ0v) is 13.5. The van der Waals surface area contributed by atoms with Crippen LogP contribution in [0.3, 0.4) is 0 Å². The van der Waals surface area contributed by atoms with E-state index in [1.165, 1.54) is 12.1 Å². The molecule has 0 amide bonds. The Morgan fingerprint density at radius 3 is 2.62 bits per heavy atom. The van der Waals surface area contributed by atoms with Crippen molar-refractivity contribution in [1.82, 2.24) is 10.1 Å². The smallest absolute Gasteiger partial charge is 0.392 e. The van der Waals surface area contributed by atoms with E-state index in [1.54, 1.807) is 19.9 Å². The minimum Gasteiger partial charge on any atom is -0.392 e. The van der Waals surface area contributed by atoms with E-state index in [9.17, 15) is 18.3 Å². The van der Waals surface area contributed by atoms with Crippen LogP contribution < -0.4 is 0 Å². The van der Waals surface area contributed by atoms with Gasteiger partial charge in [-0.1, -0.05) is 23.4 Å². The molecule has 1 N–H and O–H groups in total. The van der Waals surface area contributed by atoms with Crippen LogP contribution in [0.5, 0.6) is 0 Å². The Balaban J connectivity index is 1.95. The first-order chi connectivity index (χ1) is 11.3. The molecule has 1 aromatic carbocycles. The lowest BCUT2D eigenvalue weighted by Crippen LogP contribution is -2.26. The molecule has 24 heavy (non-hydrogen) atoms. The molecule has 2 atom stereocenters. The normalized spacial score (nSPS) is 22.2. The van der Waals surface area contributed by atoms with Crippen molar-refractivity contribution in [3.8, 4) is 0 Å². The van der Waals surface area contributed by atoms with E-state index >= 15 is 0 Å². The number of hydrogen-bond acceptors (Lipinski definition) is 4. The van der Waals surface area contributed by atoms with Gasteiger partial charge in [0.05, 0.1) is 17.4 Å². The Kier molecular flexibility index (Phi) is 4.40. The molecule has 1 fully saturated rings. The van der Waals surface area contributed by atoms with Crippen molar-refractivity contribution >= 4 is 0 Å². The summed E-state index contributed by atoms with van der Waals surface area (Å²) >= 11 is 0. The number of alkyl halides is 3. The van der Waals surface area contributed by atoms with Crippen LogP contribution in [-0.2, 0) is 12.7 Å². The van der Waals surface area contributed by atoms with Gasteiger partial charge in [0, 0.05) is 24.7 Å². The number of aliphatic hydroxyl groups excluding tert-OH is 1. The Hall–Kier alpha value is -1.86. The number of aliphatic hydroxyl groups is 1. The van der Waals surface area contributed by atoms with E-state index < -0.39 is 23.9 Å². The van der Waals surface area contributed by atoms with Crippen molar-refractivity contribution in [3.63, 3.8) is 0 Å². The molecule has 4 nitrogen and oxygen atoms in total. The maximum atomic E-state index is 13.3. The molecule has 1 aliphatic heterocycles. The van der Waals surface area contributed by atoms with Gasteiger partial charge in [0.25, 0.3) is 0 Å². The number of benzene rings is 1. The number of hydrogen-bond donors (Lipinski definition) is 1. The molecule has 1 aliphatic rings. The first-order valence-electron chi connectivity index (χ1n) is 7.77. The predicted octanol–water partition coefficient (Wildman–Crippen LogP) is 3.62. The van der Waals surface area contributed by atoms with Gasteiger partial charge in [-0.05, 0) is 31.9 Å². The molecule has 1 aromatic heterocycles. The van der Waals surface area contributed by atoms with E-state index in [0.29, 0.717) is 18.8 Å². The molecule has 0 radical (unpaired) electrons. The summed E-state index contributed by atoms with van der Waals surface area (Å²) in [6.45, 7) is 4.30. The van der Waals surface area contributed by atoms with Crippen LogP contribution in [0.15, 0.2) is 28.8 Å². The van der Waals surface area contributed by atoms with Crippen molar-refractivity contribution in [3.05, 3.63) is 52.4 Å². The van der Waals surface area contributed by atoms with Crippen LogP contribution in [0.2, 0.25) is 0 Å². The molecular formula is C17H19F3N2O2. The maximum Gasteiger partial charge on any atom is 0.416 e. The molecular weight excluding hydrogens is 321 g/mol. The number of rotatable bonds is 3. The highest BCUT2D eigenvalue weighted by Gasteiger charge is 2.40. The van der Waals surface area contributed by atoms with Crippen LogP contribution in [0.1, 0.15) is 40.6 Å². The quantitative estimate of drug-likeness (QED) is 0.927. The predicted molar refractivity (Wildman–Crippen MR) is 81.2 cm³/mol. The third-order valence-corrected chi connectivity index (χ3v) is 4.55. The average Bonchev–Trinajstić information content (AvgIpc) is 3.03. The Labute approximate surface area is 137 Å². The topological polar surface area (TPSA) is 49.5 Å². The van der Waals surface area contributed by atoms with Crippen molar-refractivity contribution in [1.29, 1.82) is 0 Å². The minimum atomic E-state index is -4.42. The third kappa shape index (κ3) is 3.18. The standard InChI is InChI=1S/C17H19F3N2O2/c1-10-14(11(2)24-21-10)9-22-8-12(23)7-16(22)13-5-3-4-6-15(13)17(18,19)20/h3-6,12,16,23H,7-9H2,1-2H3. The van der Waals surface area contributed by atoms with Gasteiger partial charge in [0.15, 0.2) is 0 Å². The van der Waals surface area contributed by atoms with Crippen molar-refractivity contribution in [2.45, 2.75) is 45.1 Å². The van der Waals surface area contributed by atoms with Gasteiger partial charge in [-0.25, -0.2) is 0 Å².